The summed E-state index contributed by atoms with van der Waals surface area (Å²) < 4.78 is 0. The Morgan fingerprint density at radius 1 is 1.11 bits per heavy atom. The predicted molar refractivity (Wildman–Crippen MR) is 80.6 cm³/mol. The van der Waals surface area contributed by atoms with E-state index in [2.05, 4.69) is 50.1 Å². The fourth-order valence-corrected chi connectivity index (χ4v) is 3.09. The average Bonchev–Trinajstić information content (AvgIpc) is 2.42. The minimum atomic E-state index is 0.273. The van der Waals surface area contributed by atoms with Crippen molar-refractivity contribution in [1.29, 1.82) is 0 Å². The lowest BCUT2D eigenvalue weighted by atomic mass is 9.80. The number of hydrogen-bond donors (Lipinski definition) is 1. The predicted octanol–water partition coefficient (Wildman–Crippen LogP) is 3.23. The molecule has 1 N–H and O–H groups in total. The molecule has 19 heavy (non-hydrogen) atoms. The molecule has 0 amide bonds. The highest BCUT2D eigenvalue weighted by Gasteiger charge is 2.26. The fourth-order valence-electron chi connectivity index (χ4n) is 3.09. The Kier molecular flexibility index (Phi) is 5.00. The monoisotopic (exact) mass is 261 g/mol. The first-order valence-corrected chi connectivity index (χ1v) is 7.51. The topological polar surface area (TPSA) is 23.5 Å². The van der Waals surface area contributed by atoms with E-state index >= 15 is 0 Å². The molecule has 0 aromatic heterocycles. The lowest BCUT2D eigenvalue weighted by molar-refractivity contribution is 0.156. The maximum Gasteiger partial charge on any atom is 0.0502 e. The van der Waals surface area contributed by atoms with Crippen molar-refractivity contribution in [2.75, 3.05) is 26.7 Å². The van der Waals surface area contributed by atoms with Gasteiger partial charge in [-0.3, -0.25) is 0 Å². The Balaban J connectivity index is 2.08. The molecule has 2 nitrogen and oxygen atoms in total. The second-order valence-corrected chi connectivity index (χ2v) is 6.25. The Morgan fingerprint density at radius 3 is 2.11 bits per heavy atom. The summed E-state index contributed by atoms with van der Waals surface area (Å²) in [5.41, 5.74) is 2.69. The zero-order valence-corrected chi connectivity index (χ0v) is 12.5. The molecule has 1 unspecified atom stereocenters. The van der Waals surface area contributed by atoms with Crippen molar-refractivity contribution in [2.24, 2.45) is 5.92 Å². The van der Waals surface area contributed by atoms with Crippen LogP contribution in [0.25, 0.3) is 0 Å². The van der Waals surface area contributed by atoms with Crippen LogP contribution in [-0.2, 0) is 0 Å². The summed E-state index contributed by atoms with van der Waals surface area (Å²) in [4.78, 5) is 2.38. The van der Waals surface area contributed by atoms with Gasteiger partial charge in [-0.15, -0.1) is 0 Å². The SMILES string of the molecule is CC(C)c1ccc(C(CO)C2CCN(C)CC2)cc1. The first kappa shape index (κ1) is 14.5. The number of benzene rings is 1. The normalized spacial score (nSPS) is 19.8. The van der Waals surface area contributed by atoms with Crippen molar-refractivity contribution in [3.05, 3.63) is 35.4 Å². The lowest BCUT2D eigenvalue weighted by Crippen LogP contribution is -2.33. The zero-order valence-electron chi connectivity index (χ0n) is 12.5. The van der Waals surface area contributed by atoms with Gasteiger partial charge >= 0.3 is 0 Å². The summed E-state index contributed by atoms with van der Waals surface area (Å²) in [5.74, 6) is 1.52. The molecule has 1 fully saturated rings. The number of likely N-dealkylation sites (tertiary alicyclic amines) is 1. The molecule has 106 valence electrons. The molecular weight excluding hydrogens is 234 g/mol. The van der Waals surface area contributed by atoms with Crippen molar-refractivity contribution in [3.8, 4) is 0 Å². The third-order valence-corrected chi connectivity index (χ3v) is 4.56. The van der Waals surface area contributed by atoms with Crippen LogP contribution >= 0.6 is 0 Å². The first-order valence-electron chi connectivity index (χ1n) is 7.51. The van der Waals surface area contributed by atoms with Gasteiger partial charge in [0.25, 0.3) is 0 Å². The number of aliphatic hydroxyl groups is 1. The molecule has 0 aliphatic carbocycles. The zero-order chi connectivity index (χ0) is 13.8. The van der Waals surface area contributed by atoms with Gasteiger partial charge in [0, 0.05) is 5.92 Å². The van der Waals surface area contributed by atoms with E-state index < -0.39 is 0 Å². The molecule has 2 heteroatoms. The highest BCUT2D eigenvalue weighted by atomic mass is 16.3. The molecule has 0 bridgehead atoms. The van der Waals surface area contributed by atoms with E-state index in [4.69, 9.17) is 0 Å². The first-order chi connectivity index (χ1) is 9.11. The smallest absolute Gasteiger partial charge is 0.0502 e. The Labute approximate surface area is 117 Å². The third kappa shape index (κ3) is 3.58. The number of hydrogen-bond acceptors (Lipinski definition) is 2. The Bertz CT molecular complexity index is 377. The Hall–Kier alpha value is -0.860. The van der Waals surface area contributed by atoms with Crippen LogP contribution in [0.3, 0.4) is 0 Å². The molecule has 0 radical (unpaired) electrons. The third-order valence-electron chi connectivity index (χ3n) is 4.56. The van der Waals surface area contributed by atoms with Crippen LogP contribution in [0.2, 0.25) is 0 Å². The summed E-state index contributed by atoms with van der Waals surface area (Å²) in [5, 5.41) is 9.76. The molecule has 0 saturated carbocycles. The minimum absolute atomic E-state index is 0.273. The van der Waals surface area contributed by atoms with Gasteiger partial charge in [0.15, 0.2) is 0 Å². The highest BCUT2D eigenvalue weighted by Crippen LogP contribution is 2.32. The van der Waals surface area contributed by atoms with E-state index in [0.717, 1.165) is 13.1 Å². The van der Waals surface area contributed by atoms with Gasteiger partial charge in [-0.05, 0) is 55.9 Å². The van der Waals surface area contributed by atoms with Gasteiger partial charge < -0.3 is 10.0 Å². The largest absolute Gasteiger partial charge is 0.396 e. The van der Waals surface area contributed by atoms with Crippen LogP contribution in [-0.4, -0.2) is 36.8 Å². The van der Waals surface area contributed by atoms with Gasteiger partial charge in [-0.1, -0.05) is 38.1 Å². The summed E-state index contributed by atoms with van der Waals surface area (Å²) >= 11 is 0. The van der Waals surface area contributed by atoms with Crippen LogP contribution in [0.15, 0.2) is 24.3 Å². The molecule has 1 aromatic carbocycles. The van der Waals surface area contributed by atoms with Crippen molar-refractivity contribution < 1.29 is 5.11 Å². The van der Waals surface area contributed by atoms with Crippen LogP contribution in [0, 0.1) is 5.92 Å². The molecule has 1 aromatic rings. The lowest BCUT2D eigenvalue weighted by Gasteiger charge is -2.34. The molecule has 1 atom stereocenters. The summed E-state index contributed by atoms with van der Waals surface area (Å²) in [6, 6.07) is 8.87. The quantitative estimate of drug-likeness (QED) is 0.899. The number of piperidine rings is 1. The minimum Gasteiger partial charge on any atom is -0.396 e. The van der Waals surface area contributed by atoms with E-state index in [0.29, 0.717) is 17.8 Å². The van der Waals surface area contributed by atoms with Crippen molar-refractivity contribution in [2.45, 2.75) is 38.5 Å². The summed E-state index contributed by atoms with van der Waals surface area (Å²) in [7, 11) is 2.18. The van der Waals surface area contributed by atoms with Gasteiger partial charge in [0.2, 0.25) is 0 Å². The standard InChI is InChI=1S/C17H27NO/c1-13(2)14-4-6-15(7-5-14)17(12-19)16-8-10-18(3)11-9-16/h4-7,13,16-17,19H,8-12H2,1-3H3. The average molecular weight is 261 g/mol. The van der Waals surface area contributed by atoms with E-state index in [-0.39, 0.29) is 6.61 Å². The van der Waals surface area contributed by atoms with Crippen molar-refractivity contribution >= 4 is 0 Å². The van der Waals surface area contributed by atoms with Crippen LogP contribution in [0.4, 0.5) is 0 Å². The molecular formula is C17H27NO. The summed E-state index contributed by atoms with van der Waals surface area (Å²) in [6.07, 6.45) is 2.40. The van der Waals surface area contributed by atoms with Gasteiger partial charge in [0.1, 0.15) is 0 Å². The van der Waals surface area contributed by atoms with Crippen LogP contribution < -0.4 is 0 Å². The second kappa shape index (κ2) is 6.53. The van der Waals surface area contributed by atoms with E-state index in [1.807, 2.05) is 0 Å². The molecule has 1 aliphatic rings. The number of rotatable bonds is 4. The van der Waals surface area contributed by atoms with Crippen LogP contribution in [0.5, 0.6) is 0 Å². The van der Waals surface area contributed by atoms with Crippen molar-refractivity contribution in [1.82, 2.24) is 4.90 Å². The van der Waals surface area contributed by atoms with E-state index in [1.54, 1.807) is 0 Å². The van der Waals surface area contributed by atoms with Crippen LogP contribution in [0.1, 0.15) is 49.7 Å². The summed E-state index contributed by atoms with van der Waals surface area (Å²) in [6.45, 7) is 7.02. The Morgan fingerprint density at radius 2 is 1.63 bits per heavy atom. The van der Waals surface area contributed by atoms with E-state index in [9.17, 15) is 5.11 Å². The molecule has 1 saturated heterocycles. The maximum absolute atomic E-state index is 9.76. The fraction of sp³-hybridized carbons (Fsp3) is 0.647. The molecule has 1 heterocycles. The molecule has 2 rings (SSSR count). The van der Waals surface area contributed by atoms with Gasteiger partial charge in [-0.25, -0.2) is 0 Å². The second-order valence-electron chi connectivity index (χ2n) is 6.25. The molecule has 0 spiro atoms. The molecule has 1 aliphatic heterocycles. The number of nitrogens with zero attached hydrogens (tertiary/aromatic N) is 1. The number of aliphatic hydroxyl groups excluding tert-OH is 1. The van der Waals surface area contributed by atoms with E-state index in [1.165, 1.54) is 24.0 Å². The van der Waals surface area contributed by atoms with Gasteiger partial charge in [0.05, 0.1) is 6.61 Å². The highest BCUT2D eigenvalue weighted by molar-refractivity contribution is 5.27. The van der Waals surface area contributed by atoms with Crippen molar-refractivity contribution in [3.63, 3.8) is 0 Å². The van der Waals surface area contributed by atoms with Gasteiger partial charge in [-0.2, -0.15) is 0 Å². The maximum atomic E-state index is 9.76.